The van der Waals surface area contributed by atoms with Crippen LogP contribution >= 0.6 is 27.7 Å². The van der Waals surface area contributed by atoms with E-state index in [4.69, 9.17) is 4.74 Å². The van der Waals surface area contributed by atoms with Gasteiger partial charge in [-0.05, 0) is 64.0 Å². The molecule has 0 unspecified atom stereocenters. The molecule has 1 aliphatic heterocycles. The number of thioether (sulfide) groups is 1. The zero-order valence-corrected chi connectivity index (χ0v) is 16.2. The molecule has 25 heavy (non-hydrogen) atoms. The summed E-state index contributed by atoms with van der Waals surface area (Å²) in [7, 11) is 1.59. The van der Waals surface area contributed by atoms with Gasteiger partial charge in [0.1, 0.15) is 5.75 Å². The van der Waals surface area contributed by atoms with E-state index in [2.05, 4.69) is 15.9 Å². The first-order chi connectivity index (χ1) is 12.0. The lowest BCUT2D eigenvalue weighted by Crippen LogP contribution is -2.27. The second-order valence-electron chi connectivity index (χ2n) is 5.65. The van der Waals surface area contributed by atoms with Gasteiger partial charge in [0.2, 0.25) is 0 Å². The Morgan fingerprint density at radius 3 is 2.68 bits per heavy atom. The molecule has 1 aliphatic rings. The van der Waals surface area contributed by atoms with E-state index >= 15 is 0 Å². The van der Waals surface area contributed by atoms with Crippen LogP contribution in [0.25, 0.3) is 6.08 Å². The number of hydrogen-bond acceptors (Lipinski definition) is 4. The molecule has 0 aromatic heterocycles. The van der Waals surface area contributed by atoms with Gasteiger partial charge in [0.05, 0.1) is 23.0 Å². The molecule has 2 aromatic rings. The molecule has 0 atom stereocenters. The lowest BCUT2D eigenvalue weighted by Gasteiger charge is -2.12. The standard InChI is InChI=1S/C19H16BrNO3S/c1-12-4-3-5-14(8-12)11-21-18(22)17(25-19(21)23)10-13-6-7-16(24-2)15(20)9-13/h3-10H,11H2,1-2H3/b17-10-. The summed E-state index contributed by atoms with van der Waals surface area (Å²) < 4.78 is 5.99. The normalized spacial score (nSPS) is 16.0. The molecular formula is C19H16BrNO3S. The first-order valence-electron chi connectivity index (χ1n) is 7.62. The van der Waals surface area contributed by atoms with E-state index in [9.17, 15) is 9.59 Å². The number of methoxy groups -OCH3 is 1. The molecule has 0 saturated carbocycles. The van der Waals surface area contributed by atoms with Gasteiger partial charge in [0, 0.05) is 0 Å². The average Bonchev–Trinajstić information content (AvgIpc) is 2.83. The van der Waals surface area contributed by atoms with Crippen molar-refractivity contribution in [1.82, 2.24) is 4.90 Å². The summed E-state index contributed by atoms with van der Waals surface area (Å²) in [6.07, 6.45) is 1.73. The van der Waals surface area contributed by atoms with E-state index in [1.807, 2.05) is 49.4 Å². The molecule has 0 radical (unpaired) electrons. The molecule has 0 bridgehead atoms. The lowest BCUT2D eigenvalue weighted by atomic mass is 10.1. The zero-order valence-electron chi connectivity index (χ0n) is 13.8. The maximum atomic E-state index is 12.6. The van der Waals surface area contributed by atoms with Crippen molar-refractivity contribution in [2.75, 3.05) is 7.11 Å². The average molecular weight is 418 g/mol. The van der Waals surface area contributed by atoms with Crippen molar-refractivity contribution in [3.8, 4) is 5.75 Å². The molecule has 0 spiro atoms. The number of ether oxygens (including phenoxy) is 1. The van der Waals surface area contributed by atoms with Gasteiger partial charge in [0.25, 0.3) is 11.1 Å². The Morgan fingerprint density at radius 2 is 2.00 bits per heavy atom. The number of hydrogen-bond donors (Lipinski definition) is 0. The Morgan fingerprint density at radius 1 is 1.20 bits per heavy atom. The highest BCUT2D eigenvalue weighted by Crippen LogP contribution is 2.34. The SMILES string of the molecule is COc1ccc(/C=C2\SC(=O)N(Cc3cccc(C)c3)C2=O)cc1Br. The Labute approximate surface area is 159 Å². The maximum Gasteiger partial charge on any atom is 0.293 e. The van der Waals surface area contributed by atoms with Crippen LogP contribution in [-0.4, -0.2) is 23.2 Å². The molecule has 128 valence electrons. The number of aryl methyl sites for hydroxylation is 1. The fourth-order valence-corrected chi connectivity index (χ4v) is 3.95. The summed E-state index contributed by atoms with van der Waals surface area (Å²) in [4.78, 5) is 26.5. The molecule has 1 heterocycles. The number of carbonyl (C=O) groups is 2. The van der Waals surface area contributed by atoms with Crippen LogP contribution < -0.4 is 4.74 Å². The van der Waals surface area contributed by atoms with Crippen molar-refractivity contribution in [3.05, 3.63) is 68.5 Å². The highest BCUT2D eigenvalue weighted by molar-refractivity contribution is 9.10. The summed E-state index contributed by atoms with van der Waals surface area (Å²) in [5.74, 6) is 0.452. The minimum absolute atomic E-state index is 0.245. The van der Waals surface area contributed by atoms with Gasteiger partial charge in [-0.2, -0.15) is 0 Å². The van der Waals surface area contributed by atoms with Gasteiger partial charge in [-0.3, -0.25) is 14.5 Å². The molecule has 0 N–H and O–H groups in total. The summed E-state index contributed by atoms with van der Waals surface area (Å²) in [5.41, 5.74) is 2.87. The Bertz CT molecular complexity index is 879. The fraction of sp³-hybridized carbons (Fsp3) is 0.158. The zero-order chi connectivity index (χ0) is 18.0. The molecule has 6 heteroatoms. The van der Waals surface area contributed by atoms with E-state index in [-0.39, 0.29) is 17.7 Å². The van der Waals surface area contributed by atoms with E-state index < -0.39 is 0 Å². The monoisotopic (exact) mass is 417 g/mol. The van der Waals surface area contributed by atoms with Crippen molar-refractivity contribution < 1.29 is 14.3 Å². The predicted octanol–water partition coefficient (Wildman–Crippen LogP) is 5.00. The van der Waals surface area contributed by atoms with E-state index in [0.717, 1.165) is 32.9 Å². The smallest absolute Gasteiger partial charge is 0.293 e. The lowest BCUT2D eigenvalue weighted by molar-refractivity contribution is -0.123. The van der Waals surface area contributed by atoms with Crippen LogP contribution in [0.3, 0.4) is 0 Å². The third-order valence-electron chi connectivity index (χ3n) is 3.77. The summed E-state index contributed by atoms with van der Waals surface area (Å²) >= 11 is 4.39. The first-order valence-corrected chi connectivity index (χ1v) is 9.23. The number of halogens is 1. The largest absolute Gasteiger partial charge is 0.496 e. The van der Waals surface area contributed by atoms with Crippen LogP contribution in [0.2, 0.25) is 0 Å². The molecule has 2 amide bonds. The number of imide groups is 1. The Kier molecular flexibility index (Phi) is 5.30. The van der Waals surface area contributed by atoms with Crippen LogP contribution in [0, 0.1) is 6.92 Å². The number of rotatable bonds is 4. The van der Waals surface area contributed by atoms with Crippen molar-refractivity contribution in [2.24, 2.45) is 0 Å². The molecular weight excluding hydrogens is 402 g/mol. The predicted molar refractivity (Wildman–Crippen MR) is 103 cm³/mol. The third-order valence-corrected chi connectivity index (χ3v) is 5.30. The quantitative estimate of drug-likeness (QED) is 0.656. The second kappa shape index (κ2) is 7.45. The highest BCUT2D eigenvalue weighted by Gasteiger charge is 2.34. The van der Waals surface area contributed by atoms with Gasteiger partial charge >= 0.3 is 0 Å². The molecule has 1 fully saturated rings. The van der Waals surface area contributed by atoms with E-state index in [1.54, 1.807) is 13.2 Å². The molecule has 3 rings (SSSR count). The molecule has 2 aromatic carbocycles. The van der Waals surface area contributed by atoms with Gasteiger partial charge in [0.15, 0.2) is 0 Å². The number of benzene rings is 2. The fourth-order valence-electron chi connectivity index (χ4n) is 2.55. The van der Waals surface area contributed by atoms with Gasteiger partial charge in [-0.15, -0.1) is 0 Å². The van der Waals surface area contributed by atoms with Gasteiger partial charge < -0.3 is 4.74 Å². The van der Waals surface area contributed by atoms with E-state index in [1.165, 1.54) is 4.90 Å². The second-order valence-corrected chi connectivity index (χ2v) is 7.50. The number of amides is 2. The van der Waals surface area contributed by atoms with Crippen LogP contribution in [-0.2, 0) is 11.3 Å². The van der Waals surface area contributed by atoms with Crippen LogP contribution in [0.4, 0.5) is 4.79 Å². The Hall–Kier alpha value is -2.05. The minimum Gasteiger partial charge on any atom is -0.496 e. The third kappa shape index (κ3) is 3.96. The minimum atomic E-state index is -0.261. The molecule has 1 saturated heterocycles. The summed E-state index contributed by atoms with van der Waals surface area (Å²) in [5, 5.41) is -0.245. The molecule has 4 nitrogen and oxygen atoms in total. The van der Waals surface area contributed by atoms with Crippen molar-refractivity contribution in [1.29, 1.82) is 0 Å². The summed E-state index contributed by atoms with van der Waals surface area (Å²) in [6, 6.07) is 13.3. The van der Waals surface area contributed by atoms with Gasteiger partial charge in [-0.25, -0.2) is 0 Å². The number of nitrogens with zero attached hydrogens (tertiary/aromatic N) is 1. The van der Waals surface area contributed by atoms with Crippen molar-refractivity contribution in [2.45, 2.75) is 13.5 Å². The van der Waals surface area contributed by atoms with Crippen LogP contribution in [0.15, 0.2) is 51.8 Å². The highest BCUT2D eigenvalue weighted by atomic mass is 79.9. The maximum absolute atomic E-state index is 12.6. The topological polar surface area (TPSA) is 46.6 Å². The van der Waals surface area contributed by atoms with Crippen LogP contribution in [0.1, 0.15) is 16.7 Å². The van der Waals surface area contributed by atoms with E-state index in [0.29, 0.717) is 10.7 Å². The van der Waals surface area contributed by atoms with Crippen LogP contribution in [0.5, 0.6) is 5.75 Å². The van der Waals surface area contributed by atoms with Gasteiger partial charge in [-0.1, -0.05) is 35.9 Å². The summed E-state index contributed by atoms with van der Waals surface area (Å²) in [6.45, 7) is 2.27. The van der Waals surface area contributed by atoms with Crippen molar-refractivity contribution >= 4 is 44.9 Å². The first kappa shape index (κ1) is 17.8. The van der Waals surface area contributed by atoms with Crippen molar-refractivity contribution in [3.63, 3.8) is 0 Å². The Balaban J connectivity index is 1.82. The number of carbonyl (C=O) groups excluding carboxylic acids is 2. The molecule has 0 aliphatic carbocycles.